The summed E-state index contributed by atoms with van der Waals surface area (Å²) in [6.07, 6.45) is 3.81. The van der Waals surface area contributed by atoms with E-state index >= 15 is 0 Å². The maximum Gasteiger partial charge on any atom is 0.186 e. The largest absolute Gasteiger partial charge is 0.345 e. The van der Waals surface area contributed by atoms with Crippen molar-refractivity contribution in [2.24, 2.45) is 0 Å². The summed E-state index contributed by atoms with van der Waals surface area (Å²) in [5.41, 5.74) is 0. The van der Waals surface area contributed by atoms with E-state index in [1.54, 1.807) is 11.3 Å². The molecule has 1 saturated carbocycles. The lowest BCUT2D eigenvalue weighted by atomic mass is 10.4. The van der Waals surface area contributed by atoms with Crippen LogP contribution in [0.4, 0.5) is 5.13 Å². The Morgan fingerprint density at radius 3 is 2.92 bits per heavy atom. The molecule has 0 saturated heterocycles. The van der Waals surface area contributed by atoms with Crippen molar-refractivity contribution in [2.45, 2.75) is 32.2 Å². The Morgan fingerprint density at radius 1 is 1.69 bits per heavy atom. The van der Waals surface area contributed by atoms with E-state index in [1.165, 1.54) is 19.3 Å². The van der Waals surface area contributed by atoms with E-state index in [4.69, 9.17) is 11.6 Å². The van der Waals surface area contributed by atoms with E-state index < -0.39 is 0 Å². The molecule has 0 bridgehead atoms. The fourth-order valence-corrected chi connectivity index (χ4v) is 2.48. The molecule has 0 N–H and O–H groups in total. The molecule has 1 aliphatic rings. The van der Waals surface area contributed by atoms with Gasteiger partial charge in [-0.05, 0) is 19.3 Å². The second-order valence-corrected chi connectivity index (χ2v) is 4.60. The van der Waals surface area contributed by atoms with Gasteiger partial charge in [-0.2, -0.15) is 0 Å². The summed E-state index contributed by atoms with van der Waals surface area (Å²) < 4.78 is 0. The van der Waals surface area contributed by atoms with Crippen LogP contribution in [0.1, 0.15) is 26.2 Å². The molecule has 0 amide bonds. The van der Waals surface area contributed by atoms with Gasteiger partial charge in [-0.1, -0.05) is 18.5 Å². The molecule has 1 heterocycles. The van der Waals surface area contributed by atoms with E-state index in [9.17, 15) is 0 Å². The minimum atomic E-state index is 0.627. The molecule has 1 aliphatic carbocycles. The van der Waals surface area contributed by atoms with Crippen LogP contribution in [0.2, 0.25) is 5.15 Å². The summed E-state index contributed by atoms with van der Waals surface area (Å²) in [5.74, 6) is 0. The van der Waals surface area contributed by atoms with Crippen LogP contribution >= 0.6 is 22.9 Å². The van der Waals surface area contributed by atoms with Crippen LogP contribution in [0.25, 0.3) is 0 Å². The number of hydrogen-bond acceptors (Lipinski definition) is 3. The fraction of sp³-hybridized carbons (Fsp3) is 0.667. The fourth-order valence-electron chi connectivity index (χ4n) is 1.44. The van der Waals surface area contributed by atoms with Crippen LogP contribution in [0.3, 0.4) is 0 Å². The number of aromatic nitrogens is 1. The summed E-state index contributed by atoms with van der Waals surface area (Å²) in [4.78, 5) is 6.69. The summed E-state index contributed by atoms with van der Waals surface area (Å²) in [7, 11) is 0. The molecular formula is C9H13ClN2S. The molecule has 2 nitrogen and oxygen atoms in total. The zero-order chi connectivity index (χ0) is 9.26. The van der Waals surface area contributed by atoms with Gasteiger partial charge in [0.2, 0.25) is 0 Å². The quantitative estimate of drug-likeness (QED) is 0.769. The molecule has 0 unspecified atom stereocenters. The van der Waals surface area contributed by atoms with Crippen LogP contribution in [0.5, 0.6) is 0 Å². The third-order valence-electron chi connectivity index (χ3n) is 2.16. The van der Waals surface area contributed by atoms with Crippen molar-refractivity contribution in [3.05, 3.63) is 10.5 Å². The second-order valence-electron chi connectivity index (χ2n) is 3.38. The highest BCUT2D eigenvalue weighted by Crippen LogP contribution is 2.34. The third-order valence-corrected chi connectivity index (χ3v) is 3.36. The van der Waals surface area contributed by atoms with Crippen molar-refractivity contribution in [2.75, 3.05) is 11.4 Å². The predicted molar refractivity (Wildman–Crippen MR) is 57.8 cm³/mol. The van der Waals surface area contributed by atoms with Gasteiger partial charge in [0.25, 0.3) is 0 Å². The lowest BCUT2D eigenvalue weighted by Gasteiger charge is -2.20. The Bertz CT molecular complexity index is 283. The number of thiazole rings is 1. The average molecular weight is 217 g/mol. The average Bonchev–Trinajstić information content (AvgIpc) is 2.85. The molecular weight excluding hydrogens is 204 g/mol. The number of rotatable bonds is 4. The first kappa shape index (κ1) is 9.28. The summed E-state index contributed by atoms with van der Waals surface area (Å²) in [5, 5.41) is 3.62. The molecule has 13 heavy (non-hydrogen) atoms. The van der Waals surface area contributed by atoms with Gasteiger partial charge in [-0.25, -0.2) is 4.98 Å². The zero-order valence-electron chi connectivity index (χ0n) is 7.66. The van der Waals surface area contributed by atoms with Gasteiger partial charge in [0.15, 0.2) is 5.13 Å². The minimum Gasteiger partial charge on any atom is -0.345 e. The first-order valence-electron chi connectivity index (χ1n) is 4.69. The molecule has 0 aromatic carbocycles. The van der Waals surface area contributed by atoms with Gasteiger partial charge >= 0.3 is 0 Å². The van der Waals surface area contributed by atoms with E-state index in [0.717, 1.165) is 17.7 Å². The van der Waals surface area contributed by atoms with Crippen LogP contribution < -0.4 is 4.90 Å². The number of nitrogens with zero attached hydrogens (tertiary/aromatic N) is 2. The van der Waals surface area contributed by atoms with Crippen LogP contribution in [-0.4, -0.2) is 17.6 Å². The molecule has 0 radical (unpaired) electrons. The molecule has 2 rings (SSSR count). The zero-order valence-corrected chi connectivity index (χ0v) is 9.24. The van der Waals surface area contributed by atoms with Crippen LogP contribution in [0, 0.1) is 0 Å². The maximum atomic E-state index is 5.80. The number of anilines is 1. The number of halogens is 1. The molecule has 1 aromatic rings. The molecule has 72 valence electrons. The molecule has 0 atom stereocenters. The van der Waals surface area contributed by atoms with E-state index in [2.05, 4.69) is 16.8 Å². The predicted octanol–water partition coefficient (Wildman–Crippen LogP) is 3.18. The normalized spacial score (nSPS) is 16.2. The second kappa shape index (κ2) is 3.84. The highest BCUT2D eigenvalue weighted by molar-refractivity contribution is 7.14. The van der Waals surface area contributed by atoms with E-state index in [-0.39, 0.29) is 0 Å². The highest BCUT2D eigenvalue weighted by Gasteiger charge is 2.30. The molecule has 1 fully saturated rings. The van der Waals surface area contributed by atoms with E-state index in [1.807, 2.05) is 5.38 Å². The van der Waals surface area contributed by atoms with Crippen LogP contribution in [0.15, 0.2) is 5.38 Å². The summed E-state index contributed by atoms with van der Waals surface area (Å²) >= 11 is 7.45. The van der Waals surface area contributed by atoms with Gasteiger partial charge in [0.1, 0.15) is 5.15 Å². The Morgan fingerprint density at radius 2 is 2.46 bits per heavy atom. The van der Waals surface area contributed by atoms with Crippen LogP contribution in [-0.2, 0) is 0 Å². The minimum absolute atomic E-state index is 0.627. The van der Waals surface area contributed by atoms with Gasteiger partial charge in [0.05, 0.1) is 0 Å². The van der Waals surface area contributed by atoms with Crippen molar-refractivity contribution >= 4 is 28.1 Å². The van der Waals surface area contributed by atoms with Gasteiger partial charge < -0.3 is 4.90 Å². The van der Waals surface area contributed by atoms with Crippen molar-refractivity contribution in [3.8, 4) is 0 Å². The highest BCUT2D eigenvalue weighted by atomic mass is 35.5. The smallest absolute Gasteiger partial charge is 0.186 e. The van der Waals surface area contributed by atoms with E-state index in [0.29, 0.717) is 5.15 Å². The van der Waals surface area contributed by atoms with Crippen molar-refractivity contribution < 1.29 is 0 Å². The summed E-state index contributed by atoms with van der Waals surface area (Å²) in [6, 6.07) is 0.738. The number of hydrogen-bond donors (Lipinski definition) is 0. The van der Waals surface area contributed by atoms with Crippen molar-refractivity contribution in [3.63, 3.8) is 0 Å². The lowest BCUT2D eigenvalue weighted by Crippen LogP contribution is -2.26. The summed E-state index contributed by atoms with van der Waals surface area (Å²) in [6.45, 7) is 3.30. The van der Waals surface area contributed by atoms with Gasteiger partial charge in [-0.3, -0.25) is 0 Å². The molecule has 1 aromatic heterocycles. The first-order chi connectivity index (χ1) is 6.31. The Labute approximate surface area is 87.5 Å². The van der Waals surface area contributed by atoms with Crippen molar-refractivity contribution in [1.82, 2.24) is 4.98 Å². The van der Waals surface area contributed by atoms with Crippen molar-refractivity contribution in [1.29, 1.82) is 0 Å². The monoisotopic (exact) mass is 216 g/mol. The molecule has 4 heteroatoms. The molecule has 0 spiro atoms. The Hall–Kier alpha value is -0.280. The topological polar surface area (TPSA) is 16.1 Å². The Balaban J connectivity index is 2.10. The first-order valence-corrected chi connectivity index (χ1v) is 5.94. The molecule has 0 aliphatic heterocycles. The standard InChI is InChI=1S/C9H13ClN2S/c1-2-5-12(7-3-4-7)9-11-8(10)6-13-9/h6-7H,2-5H2,1H3. The maximum absolute atomic E-state index is 5.80. The third kappa shape index (κ3) is 2.15. The Kier molecular flexibility index (Phi) is 2.74. The lowest BCUT2D eigenvalue weighted by molar-refractivity contribution is 0.760. The SMILES string of the molecule is CCCN(c1nc(Cl)cs1)C1CC1. The van der Waals surface area contributed by atoms with Gasteiger partial charge in [-0.15, -0.1) is 11.3 Å². The van der Waals surface area contributed by atoms with Gasteiger partial charge in [0, 0.05) is 18.0 Å².